The van der Waals surface area contributed by atoms with Crippen LogP contribution < -0.4 is 10.2 Å². The molecule has 0 saturated carbocycles. The summed E-state index contributed by atoms with van der Waals surface area (Å²) in [5.74, 6) is -0.150. The van der Waals surface area contributed by atoms with E-state index in [4.69, 9.17) is 0 Å². The number of nitrogens with one attached hydrogen (secondary N) is 1. The van der Waals surface area contributed by atoms with E-state index in [1.165, 1.54) is 0 Å². The van der Waals surface area contributed by atoms with Crippen molar-refractivity contribution < 1.29 is 4.39 Å². The molecule has 96 valence electrons. The van der Waals surface area contributed by atoms with Gasteiger partial charge in [0.25, 0.3) is 0 Å². The zero-order valence-electron chi connectivity index (χ0n) is 9.75. The van der Waals surface area contributed by atoms with E-state index in [1.54, 1.807) is 12.1 Å². The Bertz CT molecular complexity index is 349. The van der Waals surface area contributed by atoms with E-state index in [2.05, 4.69) is 39.9 Å². The molecule has 0 unspecified atom stereocenters. The summed E-state index contributed by atoms with van der Waals surface area (Å²) in [7, 11) is 2.06. The Labute approximate surface area is 122 Å². The Kier molecular flexibility index (Phi) is 5.95. The first-order valence-electron chi connectivity index (χ1n) is 5.56. The quantitative estimate of drug-likeness (QED) is 0.805. The SMILES string of the molecule is CN(c1cc(F)cc(I)c1)C1CCNCC1.Cl. The van der Waals surface area contributed by atoms with Crippen molar-refractivity contribution in [3.05, 3.63) is 27.6 Å². The largest absolute Gasteiger partial charge is 0.371 e. The predicted molar refractivity (Wildman–Crippen MR) is 80.7 cm³/mol. The maximum absolute atomic E-state index is 13.3. The van der Waals surface area contributed by atoms with Crippen molar-refractivity contribution >= 4 is 40.7 Å². The molecule has 0 radical (unpaired) electrons. The van der Waals surface area contributed by atoms with Crippen molar-refractivity contribution in [3.63, 3.8) is 0 Å². The van der Waals surface area contributed by atoms with E-state index in [-0.39, 0.29) is 18.2 Å². The van der Waals surface area contributed by atoms with Gasteiger partial charge in [-0.1, -0.05) is 0 Å². The van der Waals surface area contributed by atoms with E-state index >= 15 is 0 Å². The monoisotopic (exact) mass is 370 g/mol. The van der Waals surface area contributed by atoms with Gasteiger partial charge in [0.1, 0.15) is 5.82 Å². The minimum Gasteiger partial charge on any atom is -0.371 e. The molecule has 1 aliphatic rings. The Balaban J connectivity index is 0.00000144. The zero-order chi connectivity index (χ0) is 11.5. The third-order valence-corrected chi connectivity index (χ3v) is 3.73. The Hall–Kier alpha value is -0.0700. The lowest BCUT2D eigenvalue weighted by Crippen LogP contribution is -2.41. The molecule has 1 aromatic rings. The Morgan fingerprint density at radius 2 is 1.94 bits per heavy atom. The second kappa shape index (κ2) is 6.75. The molecule has 2 rings (SSSR count). The standard InChI is InChI=1S/C12H16FIN2.ClH/c1-16(11-2-4-15-5-3-11)12-7-9(13)6-10(14)8-12;/h6-8,11,15H,2-5H2,1H3;1H. The topological polar surface area (TPSA) is 15.3 Å². The summed E-state index contributed by atoms with van der Waals surface area (Å²) in [6, 6.07) is 5.73. The molecule has 0 atom stereocenters. The van der Waals surface area contributed by atoms with Gasteiger partial charge in [0.2, 0.25) is 0 Å². The Morgan fingerprint density at radius 3 is 2.53 bits per heavy atom. The lowest BCUT2D eigenvalue weighted by molar-refractivity contribution is 0.443. The van der Waals surface area contributed by atoms with E-state index < -0.39 is 0 Å². The van der Waals surface area contributed by atoms with Crippen LogP contribution in [0.1, 0.15) is 12.8 Å². The average molecular weight is 371 g/mol. The molecule has 2 nitrogen and oxygen atoms in total. The van der Waals surface area contributed by atoms with Gasteiger partial charge in [0, 0.05) is 22.3 Å². The maximum atomic E-state index is 13.3. The molecule has 1 heterocycles. The smallest absolute Gasteiger partial charge is 0.126 e. The highest BCUT2D eigenvalue weighted by atomic mass is 127. The van der Waals surface area contributed by atoms with Gasteiger partial charge >= 0.3 is 0 Å². The number of anilines is 1. The molecule has 0 bridgehead atoms. The fourth-order valence-corrected chi connectivity index (χ4v) is 2.76. The van der Waals surface area contributed by atoms with E-state index in [1.807, 2.05) is 6.07 Å². The molecule has 0 aliphatic carbocycles. The molecule has 0 spiro atoms. The summed E-state index contributed by atoms with van der Waals surface area (Å²) in [6.45, 7) is 2.11. The van der Waals surface area contributed by atoms with Crippen LogP contribution in [0.25, 0.3) is 0 Å². The van der Waals surface area contributed by atoms with Gasteiger partial charge in [0.15, 0.2) is 0 Å². The molecule has 5 heteroatoms. The molecular formula is C12H17ClFIN2. The fraction of sp³-hybridized carbons (Fsp3) is 0.500. The molecule has 17 heavy (non-hydrogen) atoms. The molecule has 1 saturated heterocycles. The van der Waals surface area contributed by atoms with Crippen LogP contribution in [-0.4, -0.2) is 26.2 Å². The third-order valence-electron chi connectivity index (χ3n) is 3.11. The number of nitrogens with zero attached hydrogens (tertiary/aromatic N) is 1. The predicted octanol–water partition coefficient (Wildman–Crippen LogP) is 3.04. The second-order valence-corrected chi connectivity index (χ2v) is 5.47. The number of hydrogen-bond donors (Lipinski definition) is 1. The van der Waals surface area contributed by atoms with Crippen LogP contribution in [0.4, 0.5) is 10.1 Å². The highest BCUT2D eigenvalue weighted by Crippen LogP contribution is 2.23. The van der Waals surface area contributed by atoms with Crippen LogP contribution >= 0.6 is 35.0 Å². The molecule has 0 amide bonds. The van der Waals surface area contributed by atoms with Gasteiger partial charge in [-0.2, -0.15) is 0 Å². The number of halogens is 3. The van der Waals surface area contributed by atoms with Gasteiger partial charge in [-0.15, -0.1) is 12.4 Å². The van der Waals surface area contributed by atoms with Crippen molar-refractivity contribution in [2.75, 3.05) is 25.0 Å². The normalized spacial score (nSPS) is 16.4. The minimum atomic E-state index is -0.150. The number of benzene rings is 1. The van der Waals surface area contributed by atoms with Gasteiger partial charge < -0.3 is 10.2 Å². The van der Waals surface area contributed by atoms with Gasteiger partial charge in [-0.05, 0) is 66.7 Å². The highest BCUT2D eigenvalue weighted by Gasteiger charge is 2.18. The summed E-state index contributed by atoms with van der Waals surface area (Å²) < 4.78 is 14.3. The van der Waals surface area contributed by atoms with Crippen molar-refractivity contribution in [3.8, 4) is 0 Å². The summed E-state index contributed by atoms with van der Waals surface area (Å²) in [4.78, 5) is 2.20. The van der Waals surface area contributed by atoms with Crippen molar-refractivity contribution in [2.45, 2.75) is 18.9 Å². The molecule has 1 N–H and O–H groups in total. The van der Waals surface area contributed by atoms with Crippen LogP contribution in [-0.2, 0) is 0 Å². The second-order valence-electron chi connectivity index (χ2n) is 4.22. The molecular weight excluding hydrogens is 354 g/mol. The first-order valence-corrected chi connectivity index (χ1v) is 6.64. The van der Waals surface area contributed by atoms with Crippen molar-refractivity contribution in [2.24, 2.45) is 0 Å². The van der Waals surface area contributed by atoms with Crippen molar-refractivity contribution in [1.29, 1.82) is 0 Å². The van der Waals surface area contributed by atoms with Crippen LogP contribution in [0.15, 0.2) is 18.2 Å². The number of rotatable bonds is 2. The van der Waals surface area contributed by atoms with Crippen LogP contribution in [0.5, 0.6) is 0 Å². The molecule has 1 aliphatic heterocycles. The van der Waals surface area contributed by atoms with Crippen LogP contribution in [0.2, 0.25) is 0 Å². The molecule has 1 fully saturated rings. The van der Waals surface area contributed by atoms with Crippen LogP contribution in [0, 0.1) is 9.39 Å². The summed E-state index contributed by atoms with van der Waals surface area (Å²) in [6.07, 6.45) is 2.26. The van der Waals surface area contributed by atoms with Crippen molar-refractivity contribution in [1.82, 2.24) is 5.32 Å². The minimum absolute atomic E-state index is 0. The lowest BCUT2D eigenvalue weighted by atomic mass is 10.0. The first kappa shape index (κ1) is 15.0. The number of hydrogen-bond acceptors (Lipinski definition) is 2. The van der Waals surface area contributed by atoms with Gasteiger partial charge in [-0.3, -0.25) is 0 Å². The van der Waals surface area contributed by atoms with E-state index in [0.717, 1.165) is 35.2 Å². The highest BCUT2D eigenvalue weighted by molar-refractivity contribution is 14.1. The third kappa shape index (κ3) is 3.96. The van der Waals surface area contributed by atoms with E-state index in [0.29, 0.717) is 6.04 Å². The van der Waals surface area contributed by atoms with Gasteiger partial charge in [-0.25, -0.2) is 4.39 Å². The fourth-order valence-electron chi connectivity index (χ4n) is 2.15. The first-order chi connectivity index (χ1) is 7.66. The van der Waals surface area contributed by atoms with E-state index in [9.17, 15) is 4.39 Å². The summed E-state index contributed by atoms with van der Waals surface area (Å²) in [5, 5.41) is 3.34. The molecule has 1 aromatic carbocycles. The lowest BCUT2D eigenvalue weighted by Gasteiger charge is -2.33. The van der Waals surface area contributed by atoms with Crippen LogP contribution in [0.3, 0.4) is 0 Å². The molecule has 0 aromatic heterocycles. The number of piperidine rings is 1. The zero-order valence-corrected chi connectivity index (χ0v) is 12.7. The maximum Gasteiger partial charge on any atom is 0.126 e. The average Bonchev–Trinajstić information content (AvgIpc) is 2.28. The Morgan fingerprint density at radius 1 is 1.29 bits per heavy atom. The summed E-state index contributed by atoms with van der Waals surface area (Å²) >= 11 is 2.16. The summed E-state index contributed by atoms with van der Waals surface area (Å²) in [5.41, 5.74) is 0.983. The van der Waals surface area contributed by atoms with Gasteiger partial charge in [0.05, 0.1) is 0 Å².